The van der Waals surface area contributed by atoms with Gasteiger partial charge in [-0.25, -0.2) is 4.98 Å². The summed E-state index contributed by atoms with van der Waals surface area (Å²) in [4.78, 5) is 4.04. The van der Waals surface area contributed by atoms with Crippen LogP contribution in [0.1, 0.15) is 12.7 Å². The van der Waals surface area contributed by atoms with Crippen molar-refractivity contribution in [3.63, 3.8) is 0 Å². The summed E-state index contributed by atoms with van der Waals surface area (Å²) in [6.07, 6.45) is 3.69. The Balaban J connectivity index is 0.000000810. The Hall–Kier alpha value is -0.210. The maximum absolute atomic E-state index is 5.57. The van der Waals surface area contributed by atoms with Crippen LogP contribution >= 0.6 is 24.0 Å². The molecule has 2 nitrogen and oxygen atoms in total. The molecule has 1 heterocycles. The molecule has 0 N–H and O–H groups in total. The van der Waals surface area contributed by atoms with E-state index in [1.54, 1.807) is 6.20 Å². The van der Waals surface area contributed by atoms with Gasteiger partial charge in [0.1, 0.15) is 5.82 Å². The predicted molar refractivity (Wildman–Crippen MR) is 44.7 cm³/mol. The average Bonchev–Trinajstić information content (AvgIpc) is 2.33. The lowest BCUT2D eigenvalue weighted by molar-refractivity contribution is 0.724. The third-order valence-corrected chi connectivity index (χ3v) is 1.50. The number of halogens is 2. The van der Waals surface area contributed by atoms with Crippen molar-refractivity contribution in [3.8, 4) is 0 Å². The van der Waals surface area contributed by atoms with E-state index >= 15 is 0 Å². The second kappa shape index (κ2) is 4.58. The maximum atomic E-state index is 5.57. The van der Waals surface area contributed by atoms with Crippen LogP contribution in [0.2, 0.25) is 0 Å². The van der Waals surface area contributed by atoms with Gasteiger partial charge in [-0.3, -0.25) is 0 Å². The molecule has 0 aliphatic carbocycles. The highest BCUT2D eigenvalue weighted by Gasteiger charge is 1.95. The van der Waals surface area contributed by atoms with Crippen LogP contribution in [0.4, 0.5) is 0 Å². The van der Waals surface area contributed by atoms with Crippen LogP contribution in [0.25, 0.3) is 0 Å². The summed E-state index contributed by atoms with van der Waals surface area (Å²) in [5, 5.41) is 0. The number of hydrogen-bond donors (Lipinski definition) is 0. The fraction of sp³-hybridized carbons (Fsp3) is 0.500. The first-order valence-electron chi connectivity index (χ1n) is 2.94. The van der Waals surface area contributed by atoms with E-state index in [4.69, 9.17) is 11.6 Å². The molecule has 10 heavy (non-hydrogen) atoms. The first-order chi connectivity index (χ1) is 4.38. The summed E-state index contributed by atoms with van der Waals surface area (Å²) in [5.41, 5.74) is 0. The molecule has 0 atom stereocenters. The highest BCUT2D eigenvalue weighted by Crippen LogP contribution is 1.99. The minimum atomic E-state index is 0. The number of alkyl halides is 1. The molecule has 1 aromatic rings. The van der Waals surface area contributed by atoms with Gasteiger partial charge < -0.3 is 4.57 Å². The van der Waals surface area contributed by atoms with Crippen LogP contribution in [-0.2, 0) is 12.4 Å². The minimum Gasteiger partial charge on any atom is -0.334 e. The lowest BCUT2D eigenvalue weighted by Gasteiger charge is -1.98. The fourth-order valence-corrected chi connectivity index (χ4v) is 0.982. The minimum absolute atomic E-state index is 0. The standard InChI is InChI=1S/C6H9ClN2.ClH/c1-2-9-4-3-8-6(9)5-7;/h3-4H,2,5H2,1H3;1H. The first-order valence-corrected chi connectivity index (χ1v) is 3.48. The molecule has 0 bridgehead atoms. The van der Waals surface area contributed by atoms with E-state index < -0.39 is 0 Å². The van der Waals surface area contributed by atoms with Crippen molar-refractivity contribution in [2.24, 2.45) is 0 Å². The van der Waals surface area contributed by atoms with Gasteiger partial charge in [-0.15, -0.1) is 24.0 Å². The molecule has 1 rings (SSSR count). The summed E-state index contributed by atoms with van der Waals surface area (Å²) >= 11 is 5.57. The predicted octanol–water partition coefficient (Wildman–Crippen LogP) is 2.06. The summed E-state index contributed by atoms with van der Waals surface area (Å²) < 4.78 is 2.02. The van der Waals surface area contributed by atoms with Gasteiger partial charge in [0.2, 0.25) is 0 Å². The quantitative estimate of drug-likeness (QED) is 0.638. The summed E-state index contributed by atoms with van der Waals surface area (Å²) in [6.45, 7) is 3.01. The van der Waals surface area contributed by atoms with E-state index in [0.717, 1.165) is 12.4 Å². The van der Waals surface area contributed by atoms with E-state index in [1.807, 2.05) is 10.8 Å². The van der Waals surface area contributed by atoms with Crippen molar-refractivity contribution in [2.75, 3.05) is 0 Å². The SMILES string of the molecule is CCn1ccnc1CCl.Cl. The maximum Gasteiger partial charge on any atom is 0.123 e. The highest BCUT2D eigenvalue weighted by molar-refractivity contribution is 6.16. The Morgan fingerprint density at radius 3 is 2.80 bits per heavy atom. The molecule has 0 spiro atoms. The zero-order valence-electron chi connectivity index (χ0n) is 5.75. The number of imidazole rings is 1. The molecule has 0 aliphatic rings. The highest BCUT2D eigenvalue weighted by atomic mass is 35.5. The number of aryl methyl sites for hydroxylation is 1. The average molecular weight is 181 g/mol. The molecule has 0 saturated heterocycles. The third-order valence-electron chi connectivity index (χ3n) is 1.26. The molecule has 1 aromatic heterocycles. The van der Waals surface area contributed by atoms with Crippen molar-refractivity contribution in [1.82, 2.24) is 9.55 Å². The van der Waals surface area contributed by atoms with Crippen molar-refractivity contribution >= 4 is 24.0 Å². The van der Waals surface area contributed by atoms with Crippen molar-refractivity contribution < 1.29 is 0 Å². The number of hydrogen-bond acceptors (Lipinski definition) is 1. The van der Waals surface area contributed by atoms with Crippen LogP contribution in [0, 0.1) is 0 Å². The van der Waals surface area contributed by atoms with E-state index in [0.29, 0.717) is 5.88 Å². The lowest BCUT2D eigenvalue weighted by Crippen LogP contribution is -1.97. The molecule has 0 radical (unpaired) electrons. The van der Waals surface area contributed by atoms with Gasteiger partial charge in [0, 0.05) is 18.9 Å². The number of aromatic nitrogens is 2. The molecule has 0 aliphatic heterocycles. The van der Waals surface area contributed by atoms with Gasteiger partial charge >= 0.3 is 0 Å². The number of rotatable bonds is 2. The third kappa shape index (κ3) is 1.89. The second-order valence-corrected chi connectivity index (χ2v) is 2.03. The summed E-state index contributed by atoms with van der Waals surface area (Å²) in [5.74, 6) is 1.44. The molecule has 0 saturated carbocycles. The topological polar surface area (TPSA) is 17.8 Å². The zero-order chi connectivity index (χ0) is 6.69. The molecule has 0 amide bonds. The molecular weight excluding hydrogens is 171 g/mol. The van der Waals surface area contributed by atoms with Crippen molar-refractivity contribution in [3.05, 3.63) is 18.2 Å². The van der Waals surface area contributed by atoms with Gasteiger partial charge in [-0.05, 0) is 6.92 Å². The van der Waals surface area contributed by atoms with Gasteiger partial charge in [0.15, 0.2) is 0 Å². The smallest absolute Gasteiger partial charge is 0.123 e. The zero-order valence-corrected chi connectivity index (χ0v) is 7.32. The molecular formula is C6H10Cl2N2. The summed E-state index contributed by atoms with van der Waals surface area (Å²) in [6, 6.07) is 0. The fourth-order valence-electron chi connectivity index (χ4n) is 0.759. The second-order valence-electron chi connectivity index (χ2n) is 1.76. The van der Waals surface area contributed by atoms with E-state index in [1.165, 1.54) is 0 Å². The molecule has 0 fully saturated rings. The van der Waals surface area contributed by atoms with Crippen LogP contribution in [0.15, 0.2) is 12.4 Å². The van der Waals surface area contributed by atoms with Crippen LogP contribution in [-0.4, -0.2) is 9.55 Å². The Morgan fingerprint density at radius 1 is 1.70 bits per heavy atom. The van der Waals surface area contributed by atoms with Gasteiger partial charge in [-0.1, -0.05) is 0 Å². The van der Waals surface area contributed by atoms with Gasteiger partial charge in [0.25, 0.3) is 0 Å². The van der Waals surface area contributed by atoms with E-state index in [2.05, 4.69) is 11.9 Å². The largest absolute Gasteiger partial charge is 0.334 e. The normalized spacial score (nSPS) is 9.00. The molecule has 0 aromatic carbocycles. The number of nitrogens with zero attached hydrogens (tertiary/aromatic N) is 2. The monoisotopic (exact) mass is 180 g/mol. The van der Waals surface area contributed by atoms with Crippen molar-refractivity contribution in [1.29, 1.82) is 0 Å². The first kappa shape index (κ1) is 9.79. The molecule has 4 heteroatoms. The summed E-state index contributed by atoms with van der Waals surface area (Å²) in [7, 11) is 0. The van der Waals surface area contributed by atoms with Crippen molar-refractivity contribution in [2.45, 2.75) is 19.3 Å². The lowest BCUT2D eigenvalue weighted by atomic mass is 10.6. The Bertz CT molecular complexity index is 167. The van der Waals surface area contributed by atoms with Crippen LogP contribution in [0.3, 0.4) is 0 Å². The Labute approximate surface area is 71.6 Å². The van der Waals surface area contributed by atoms with E-state index in [-0.39, 0.29) is 12.4 Å². The van der Waals surface area contributed by atoms with Crippen LogP contribution in [0.5, 0.6) is 0 Å². The van der Waals surface area contributed by atoms with Gasteiger partial charge in [-0.2, -0.15) is 0 Å². The van der Waals surface area contributed by atoms with Gasteiger partial charge in [0.05, 0.1) is 5.88 Å². The Kier molecular flexibility index (Phi) is 4.49. The molecule has 0 unspecified atom stereocenters. The van der Waals surface area contributed by atoms with Crippen LogP contribution < -0.4 is 0 Å². The van der Waals surface area contributed by atoms with E-state index in [9.17, 15) is 0 Å². The Morgan fingerprint density at radius 2 is 2.40 bits per heavy atom. The molecule has 58 valence electrons.